The van der Waals surface area contributed by atoms with Crippen molar-refractivity contribution in [3.63, 3.8) is 0 Å². The average molecular weight is 329 g/mol. The van der Waals surface area contributed by atoms with Gasteiger partial charge in [-0.05, 0) is 30.5 Å². The highest BCUT2D eigenvalue weighted by Gasteiger charge is 2.23. The molecule has 130 valence electrons. The quantitative estimate of drug-likeness (QED) is 0.906. The molecule has 2 heterocycles. The monoisotopic (exact) mass is 329 g/mol. The Bertz CT molecular complexity index is 712. The number of β-amino-alcohol motifs (C(OH)–C–C–N with tert-alkyl or cyclic N) is 1. The molecule has 1 aliphatic heterocycles. The van der Waals surface area contributed by atoms with E-state index in [0.717, 1.165) is 24.0 Å². The Balaban J connectivity index is 1.70. The molecule has 0 aliphatic carbocycles. The van der Waals surface area contributed by atoms with Gasteiger partial charge in [-0.25, -0.2) is 0 Å². The van der Waals surface area contributed by atoms with Crippen LogP contribution < -0.4 is 0 Å². The van der Waals surface area contributed by atoms with Crippen molar-refractivity contribution >= 4 is 16.8 Å². The van der Waals surface area contributed by atoms with E-state index in [9.17, 15) is 9.90 Å². The summed E-state index contributed by atoms with van der Waals surface area (Å²) in [7, 11) is 0. The summed E-state index contributed by atoms with van der Waals surface area (Å²) in [5.74, 6) is 0.535. The van der Waals surface area contributed by atoms with Gasteiger partial charge in [-0.15, -0.1) is 0 Å². The summed E-state index contributed by atoms with van der Waals surface area (Å²) >= 11 is 0. The predicted octanol–water partition coefficient (Wildman–Crippen LogP) is 2.43. The zero-order valence-electron chi connectivity index (χ0n) is 14.7. The fourth-order valence-electron chi connectivity index (χ4n) is 3.30. The number of hydrogen-bond acceptors (Lipinski definition) is 3. The standard InChI is InChI=1S/C19H27N3O2/c1-13(2)15-4-5-16-11-18(20-17(16)10-15)19(24)22-8-6-21(7-9-22)12-14(3)23/h4-5,10-11,13-14,20,23H,6-9,12H2,1-3H3/t14-/m1/s1. The van der Waals surface area contributed by atoms with Gasteiger partial charge in [-0.3, -0.25) is 9.69 Å². The average Bonchev–Trinajstić information content (AvgIpc) is 2.97. The minimum atomic E-state index is -0.323. The number of amides is 1. The number of nitrogens with one attached hydrogen (secondary N) is 1. The molecule has 2 N–H and O–H groups in total. The van der Waals surface area contributed by atoms with Gasteiger partial charge in [0.25, 0.3) is 5.91 Å². The Morgan fingerprint density at radius 3 is 2.50 bits per heavy atom. The summed E-state index contributed by atoms with van der Waals surface area (Å²) < 4.78 is 0. The van der Waals surface area contributed by atoms with E-state index in [2.05, 4.69) is 41.9 Å². The summed E-state index contributed by atoms with van der Waals surface area (Å²) in [6.45, 7) is 9.85. The van der Waals surface area contributed by atoms with Crippen LogP contribution in [0.1, 0.15) is 42.7 Å². The third-order valence-corrected chi connectivity index (χ3v) is 4.73. The Morgan fingerprint density at radius 1 is 1.17 bits per heavy atom. The van der Waals surface area contributed by atoms with Crippen LogP contribution in [0.4, 0.5) is 0 Å². The summed E-state index contributed by atoms with van der Waals surface area (Å²) in [6.07, 6.45) is -0.323. The molecule has 3 rings (SSSR count). The first-order valence-electron chi connectivity index (χ1n) is 8.76. The lowest BCUT2D eigenvalue weighted by molar-refractivity contribution is 0.0550. The van der Waals surface area contributed by atoms with E-state index in [-0.39, 0.29) is 12.0 Å². The minimum Gasteiger partial charge on any atom is -0.392 e. The molecule has 0 bridgehead atoms. The van der Waals surface area contributed by atoms with Crippen LogP contribution in [0.5, 0.6) is 0 Å². The molecular formula is C19H27N3O2. The molecule has 0 radical (unpaired) electrons. The van der Waals surface area contributed by atoms with E-state index >= 15 is 0 Å². The zero-order chi connectivity index (χ0) is 17.3. The van der Waals surface area contributed by atoms with Crippen LogP contribution in [-0.2, 0) is 0 Å². The third kappa shape index (κ3) is 3.62. The first-order chi connectivity index (χ1) is 11.4. The summed E-state index contributed by atoms with van der Waals surface area (Å²) in [4.78, 5) is 20.1. The highest BCUT2D eigenvalue weighted by Crippen LogP contribution is 2.22. The molecule has 1 aliphatic rings. The summed E-state index contributed by atoms with van der Waals surface area (Å²) in [5.41, 5.74) is 2.96. The van der Waals surface area contributed by atoms with Crippen molar-refractivity contribution in [2.45, 2.75) is 32.8 Å². The molecule has 2 aromatic rings. The first-order valence-corrected chi connectivity index (χ1v) is 8.76. The van der Waals surface area contributed by atoms with Crippen LogP contribution in [0, 0.1) is 0 Å². The topological polar surface area (TPSA) is 59.6 Å². The van der Waals surface area contributed by atoms with Crippen molar-refractivity contribution in [1.29, 1.82) is 0 Å². The lowest BCUT2D eigenvalue weighted by Gasteiger charge is -2.35. The number of H-pyrrole nitrogens is 1. The maximum absolute atomic E-state index is 12.7. The fourth-order valence-corrected chi connectivity index (χ4v) is 3.30. The molecule has 0 saturated carbocycles. The molecule has 5 nitrogen and oxygen atoms in total. The number of rotatable bonds is 4. The van der Waals surface area contributed by atoms with Gasteiger partial charge in [0.05, 0.1) is 6.10 Å². The number of benzene rings is 1. The Kier molecular flexibility index (Phi) is 4.92. The van der Waals surface area contributed by atoms with Crippen LogP contribution >= 0.6 is 0 Å². The van der Waals surface area contributed by atoms with Gasteiger partial charge in [-0.2, -0.15) is 0 Å². The number of piperazine rings is 1. The maximum Gasteiger partial charge on any atom is 0.270 e. The SMILES string of the molecule is CC(C)c1ccc2cc(C(=O)N3CCN(C[C@@H](C)O)CC3)[nH]c2c1. The van der Waals surface area contributed by atoms with Crippen LogP contribution in [0.3, 0.4) is 0 Å². The number of fused-ring (bicyclic) bond motifs is 1. The number of hydrogen-bond donors (Lipinski definition) is 2. The van der Waals surface area contributed by atoms with Gasteiger partial charge >= 0.3 is 0 Å². The van der Waals surface area contributed by atoms with Crippen molar-refractivity contribution in [2.24, 2.45) is 0 Å². The van der Waals surface area contributed by atoms with Gasteiger partial charge < -0.3 is 15.0 Å². The van der Waals surface area contributed by atoms with Crippen LogP contribution in [0.15, 0.2) is 24.3 Å². The highest BCUT2D eigenvalue weighted by atomic mass is 16.3. The van der Waals surface area contributed by atoms with E-state index in [4.69, 9.17) is 0 Å². The molecule has 0 unspecified atom stereocenters. The second kappa shape index (κ2) is 6.95. The number of carbonyl (C=O) groups is 1. The molecule has 1 atom stereocenters. The van der Waals surface area contributed by atoms with Crippen molar-refractivity contribution < 1.29 is 9.90 Å². The number of nitrogens with zero attached hydrogens (tertiary/aromatic N) is 2. The van der Waals surface area contributed by atoms with Crippen LogP contribution in [0.25, 0.3) is 10.9 Å². The number of aliphatic hydroxyl groups excluding tert-OH is 1. The molecule has 1 saturated heterocycles. The zero-order valence-corrected chi connectivity index (χ0v) is 14.7. The first kappa shape index (κ1) is 17.0. The highest BCUT2D eigenvalue weighted by molar-refractivity contribution is 5.98. The second-order valence-corrected chi connectivity index (χ2v) is 7.13. The maximum atomic E-state index is 12.7. The lowest BCUT2D eigenvalue weighted by Crippen LogP contribution is -2.50. The van der Waals surface area contributed by atoms with Gasteiger partial charge in [0.15, 0.2) is 0 Å². The van der Waals surface area contributed by atoms with E-state index < -0.39 is 0 Å². The van der Waals surface area contributed by atoms with Crippen LogP contribution in [-0.4, -0.2) is 64.6 Å². The van der Waals surface area contributed by atoms with Crippen molar-refractivity contribution in [3.8, 4) is 0 Å². The Hall–Kier alpha value is -1.85. The second-order valence-electron chi connectivity index (χ2n) is 7.13. The largest absolute Gasteiger partial charge is 0.392 e. The minimum absolute atomic E-state index is 0.0639. The molecule has 0 spiro atoms. The van der Waals surface area contributed by atoms with Crippen molar-refractivity contribution in [1.82, 2.24) is 14.8 Å². The van der Waals surface area contributed by atoms with Gasteiger partial charge in [0, 0.05) is 43.6 Å². The molecule has 1 aromatic heterocycles. The Labute approximate surface area is 143 Å². The molecule has 24 heavy (non-hydrogen) atoms. The van der Waals surface area contributed by atoms with Crippen molar-refractivity contribution in [3.05, 3.63) is 35.5 Å². The van der Waals surface area contributed by atoms with Gasteiger partial charge in [-0.1, -0.05) is 26.0 Å². The van der Waals surface area contributed by atoms with E-state index in [1.807, 2.05) is 11.0 Å². The van der Waals surface area contributed by atoms with E-state index in [1.165, 1.54) is 5.56 Å². The predicted molar refractivity (Wildman–Crippen MR) is 96.4 cm³/mol. The molecule has 1 fully saturated rings. The molecule has 1 aromatic carbocycles. The van der Waals surface area contributed by atoms with Crippen molar-refractivity contribution in [2.75, 3.05) is 32.7 Å². The van der Waals surface area contributed by atoms with Gasteiger partial charge in [0.2, 0.25) is 0 Å². The fraction of sp³-hybridized carbons (Fsp3) is 0.526. The number of aromatic amines is 1. The summed E-state index contributed by atoms with van der Waals surface area (Å²) in [5, 5.41) is 10.6. The lowest BCUT2D eigenvalue weighted by atomic mass is 10.0. The van der Waals surface area contributed by atoms with E-state index in [1.54, 1.807) is 6.92 Å². The van der Waals surface area contributed by atoms with Gasteiger partial charge in [0.1, 0.15) is 5.69 Å². The molecule has 1 amide bonds. The number of carbonyl (C=O) groups excluding carboxylic acids is 1. The summed E-state index contributed by atoms with van der Waals surface area (Å²) in [6, 6.07) is 8.30. The normalized spacial score (nSPS) is 17.6. The number of aliphatic hydroxyl groups is 1. The van der Waals surface area contributed by atoms with E-state index in [0.29, 0.717) is 31.2 Å². The molecular weight excluding hydrogens is 302 g/mol. The smallest absolute Gasteiger partial charge is 0.270 e. The third-order valence-electron chi connectivity index (χ3n) is 4.73. The molecule has 5 heteroatoms. The van der Waals surface area contributed by atoms with Crippen LogP contribution in [0.2, 0.25) is 0 Å². The Morgan fingerprint density at radius 2 is 1.88 bits per heavy atom. The number of aromatic nitrogens is 1.